The van der Waals surface area contributed by atoms with Crippen molar-refractivity contribution in [3.05, 3.63) is 54.0 Å². The van der Waals surface area contributed by atoms with Gasteiger partial charge in [-0.3, -0.25) is 4.40 Å². The van der Waals surface area contributed by atoms with Gasteiger partial charge in [0, 0.05) is 11.6 Å². The number of allylic oxidation sites excluding steroid dienone is 4. The molecule has 27 heavy (non-hydrogen) atoms. The number of esters is 1. The predicted octanol–water partition coefficient (Wildman–Crippen LogP) is 3.78. The SMILES string of the molecule is CCOC(=O)C(C1C=CC=CC1C)n1c(C)cc2c1ccc1nnc(C)n12. The summed E-state index contributed by atoms with van der Waals surface area (Å²) in [6.07, 6.45) is 8.30. The Kier molecular flexibility index (Phi) is 4.34. The average molecular weight is 364 g/mol. The van der Waals surface area contributed by atoms with Crippen molar-refractivity contribution in [1.29, 1.82) is 0 Å². The van der Waals surface area contributed by atoms with Gasteiger partial charge in [0.1, 0.15) is 11.9 Å². The molecule has 0 spiro atoms. The maximum Gasteiger partial charge on any atom is 0.329 e. The first-order valence-corrected chi connectivity index (χ1v) is 9.36. The number of pyridine rings is 1. The zero-order valence-corrected chi connectivity index (χ0v) is 16.1. The number of carbonyl (C=O) groups is 1. The van der Waals surface area contributed by atoms with Crippen LogP contribution < -0.4 is 0 Å². The second-order valence-electron chi connectivity index (χ2n) is 7.10. The molecule has 0 saturated carbocycles. The fraction of sp³-hybridized carbons (Fsp3) is 0.381. The molecular formula is C21H24N4O2. The predicted molar refractivity (Wildman–Crippen MR) is 105 cm³/mol. The van der Waals surface area contributed by atoms with Gasteiger partial charge in [0.05, 0.1) is 17.6 Å². The monoisotopic (exact) mass is 364 g/mol. The molecule has 4 rings (SSSR count). The zero-order chi connectivity index (χ0) is 19.1. The number of ether oxygens (including phenoxy) is 1. The third kappa shape index (κ3) is 2.76. The van der Waals surface area contributed by atoms with Crippen molar-refractivity contribution in [3.63, 3.8) is 0 Å². The molecule has 1 aliphatic carbocycles. The lowest BCUT2D eigenvalue weighted by molar-refractivity contribution is -0.148. The van der Waals surface area contributed by atoms with E-state index in [4.69, 9.17) is 4.74 Å². The molecule has 0 radical (unpaired) electrons. The molecule has 3 atom stereocenters. The van der Waals surface area contributed by atoms with Gasteiger partial charge in [0.15, 0.2) is 5.65 Å². The van der Waals surface area contributed by atoms with E-state index in [0.717, 1.165) is 28.2 Å². The molecule has 0 aliphatic heterocycles. The van der Waals surface area contributed by atoms with E-state index in [9.17, 15) is 4.79 Å². The largest absolute Gasteiger partial charge is 0.464 e. The van der Waals surface area contributed by atoms with E-state index in [1.807, 2.05) is 49.5 Å². The van der Waals surface area contributed by atoms with Crippen molar-refractivity contribution in [2.45, 2.75) is 33.7 Å². The van der Waals surface area contributed by atoms with Crippen LogP contribution in [0.5, 0.6) is 0 Å². The van der Waals surface area contributed by atoms with E-state index in [1.54, 1.807) is 0 Å². The van der Waals surface area contributed by atoms with Crippen LogP contribution >= 0.6 is 0 Å². The molecule has 0 N–H and O–H groups in total. The Morgan fingerprint density at radius 3 is 2.70 bits per heavy atom. The molecule has 6 heteroatoms. The first kappa shape index (κ1) is 17.5. The molecule has 0 saturated heterocycles. The quantitative estimate of drug-likeness (QED) is 0.661. The molecule has 6 nitrogen and oxygen atoms in total. The maximum absolute atomic E-state index is 13.0. The summed E-state index contributed by atoms with van der Waals surface area (Å²) in [7, 11) is 0. The number of aryl methyl sites for hydroxylation is 2. The van der Waals surface area contributed by atoms with Crippen LogP contribution in [0.2, 0.25) is 0 Å². The average Bonchev–Trinajstić information content (AvgIpc) is 3.17. The zero-order valence-electron chi connectivity index (χ0n) is 16.1. The summed E-state index contributed by atoms with van der Waals surface area (Å²) in [5.41, 5.74) is 3.80. The molecule has 3 aromatic rings. The molecule has 3 aromatic heterocycles. The number of carbonyl (C=O) groups excluding carboxylic acids is 1. The molecule has 140 valence electrons. The molecule has 0 aromatic carbocycles. The first-order valence-electron chi connectivity index (χ1n) is 9.36. The van der Waals surface area contributed by atoms with Gasteiger partial charge >= 0.3 is 5.97 Å². The minimum atomic E-state index is -0.423. The van der Waals surface area contributed by atoms with E-state index in [0.29, 0.717) is 6.61 Å². The van der Waals surface area contributed by atoms with Crippen LogP contribution in [0.3, 0.4) is 0 Å². The van der Waals surface area contributed by atoms with E-state index in [-0.39, 0.29) is 17.8 Å². The van der Waals surface area contributed by atoms with Crippen LogP contribution in [0.25, 0.3) is 16.7 Å². The third-order valence-electron chi connectivity index (χ3n) is 5.37. The Morgan fingerprint density at radius 2 is 1.96 bits per heavy atom. The fourth-order valence-corrected chi connectivity index (χ4v) is 4.10. The highest BCUT2D eigenvalue weighted by Gasteiger charge is 2.35. The van der Waals surface area contributed by atoms with Crippen LogP contribution in [0.4, 0.5) is 0 Å². The Balaban J connectivity index is 1.95. The fourth-order valence-electron chi connectivity index (χ4n) is 4.10. The molecule has 0 fully saturated rings. The summed E-state index contributed by atoms with van der Waals surface area (Å²) >= 11 is 0. The van der Waals surface area contributed by atoms with Gasteiger partial charge in [0.2, 0.25) is 0 Å². The van der Waals surface area contributed by atoms with Crippen molar-refractivity contribution in [2.24, 2.45) is 11.8 Å². The van der Waals surface area contributed by atoms with Crippen molar-refractivity contribution < 1.29 is 9.53 Å². The van der Waals surface area contributed by atoms with E-state index in [2.05, 4.69) is 39.9 Å². The van der Waals surface area contributed by atoms with Crippen LogP contribution in [0.15, 0.2) is 42.5 Å². The lowest BCUT2D eigenvalue weighted by atomic mass is 9.83. The lowest BCUT2D eigenvalue weighted by Gasteiger charge is -2.30. The van der Waals surface area contributed by atoms with Gasteiger partial charge < -0.3 is 9.30 Å². The third-order valence-corrected chi connectivity index (χ3v) is 5.37. The smallest absolute Gasteiger partial charge is 0.329 e. The van der Waals surface area contributed by atoms with Gasteiger partial charge in [-0.15, -0.1) is 10.2 Å². The normalized spacial score (nSPS) is 20.4. The van der Waals surface area contributed by atoms with Gasteiger partial charge in [-0.25, -0.2) is 4.79 Å². The molecule has 3 unspecified atom stereocenters. The molecule has 0 amide bonds. The van der Waals surface area contributed by atoms with Crippen LogP contribution in [-0.2, 0) is 9.53 Å². The Labute approximate surface area is 158 Å². The number of nitrogens with zero attached hydrogens (tertiary/aromatic N) is 4. The topological polar surface area (TPSA) is 61.4 Å². The number of rotatable bonds is 4. The lowest BCUT2D eigenvalue weighted by Crippen LogP contribution is -2.32. The summed E-state index contributed by atoms with van der Waals surface area (Å²) in [5.74, 6) is 0.896. The summed E-state index contributed by atoms with van der Waals surface area (Å²) in [5, 5.41) is 8.40. The van der Waals surface area contributed by atoms with Crippen LogP contribution in [0, 0.1) is 25.7 Å². The maximum atomic E-state index is 13.0. The Bertz CT molecular complexity index is 1070. The van der Waals surface area contributed by atoms with Gasteiger partial charge in [0.25, 0.3) is 0 Å². The van der Waals surface area contributed by atoms with E-state index in [1.165, 1.54) is 0 Å². The second kappa shape index (κ2) is 6.68. The number of fused-ring (bicyclic) bond motifs is 3. The molecule has 3 heterocycles. The standard InChI is InChI=1S/C21H24N4O2/c1-5-27-21(26)20(16-9-7-6-8-13(16)2)24-14(3)12-18-17(24)10-11-19-23-22-15(4)25(18)19/h6-13,16,20H,5H2,1-4H3. The van der Waals surface area contributed by atoms with E-state index >= 15 is 0 Å². The van der Waals surface area contributed by atoms with Crippen molar-refractivity contribution in [1.82, 2.24) is 19.2 Å². The highest BCUT2D eigenvalue weighted by molar-refractivity contribution is 5.85. The van der Waals surface area contributed by atoms with Crippen molar-refractivity contribution >= 4 is 22.6 Å². The number of hydrogen-bond acceptors (Lipinski definition) is 4. The minimum Gasteiger partial charge on any atom is -0.464 e. The second-order valence-corrected chi connectivity index (χ2v) is 7.10. The molecule has 1 aliphatic rings. The van der Waals surface area contributed by atoms with Crippen LogP contribution in [0.1, 0.15) is 31.4 Å². The Hall–Kier alpha value is -2.89. The van der Waals surface area contributed by atoms with Crippen molar-refractivity contribution in [3.8, 4) is 0 Å². The molecule has 0 bridgehead atoms. The molecular weight excluding hydrogens is 340 g/mol. The van der Waals surface area contributed by atoms with E-state index < -0.39 is 6.04 Å². The Morgan fingerprint density at radius 1 is 1.19 bits per heavy atom. The summed E-state index contributed by atoms with van der Waals surface area (Å²) in [6.45, 7) is 8.32. The highest BCUT2D eigenvalue weighted by atomic mass is 16.5. The van der Waals surface area contributed by atoms with Crippen LogP contribution in [-0.4, -0.2) is 31.7 Å². The summed E-state index contributed by atoms with van der Waals surface area (Å²) in [4.78, 5) is 13.0. The summed E-state index contributed by atoms with van der Waals surface area (Å²) in [6, 6.07) is 5.64. The van der Waals surface area contributed by atoms with Gasteiger partial charge in [-0.05, 0) is 44.9 Å². The van der Waals surface area contributed by atoms with Gasteiger partial charge in [-0.1, -0.05) is 31.2 Å². The highest BCUT2D eigenvalue weighted by Crippen LogP contribution is 2.36. The summed E-state index contributed by atoms with van der Waals surface area (Å²) < 4.78 is 9.62. The van der Waals surface area contributed by atoms with Gasteiger partial charge in [-0.2, -0.15) is 0 Å². The number of hydrogen-bond donors (Lipinski definition) is 0. The van der Waals surface area contributed by atoms with Crippen molar-refractivity contribution in [2.75, 3.05) is 6.61 Å². The minimum absolute atomic E-state index is 0.0288. The number of aromatic nitrogens is 4. The first-order chi connectivity index (χ1) is 13.0.